The Bertz CT molecular complexity index is 903. The molecule has 5 nitrogen and oxygen atoms in total. The first kappa shape index (κ1) is 26.5. The van der Waals surface area contributed by atoms with Crippen LogP contribution in [0.2, 0.25) is 0 Å². The van der Waals surface area contributed by atoms with Crippen molar-refractivity contribution in [1.29, 1.82) is 0 Å². The van der Waals surface area contributed by atoms with Crippen LogP contribution in [0.3, 0.4) is 0 Å². The summed E-state index contributed by atoms with van der Waals surface area (Å²) in [5, 5.41) is 0. The Balaban J connectivity index is 2.83. The molecule has 0 aromatic carbocycles. The lowest BCUT2D eigenvalue weighted by atomic mass is 9.95. The quantitative estimate of drug-likeness (QED) is 0.362. The summed E-state index contributed by atoms with van der Waals surface area (Å²) in [5.41, 5.74) is 5.02. The summed E-state index contributed by atoms with van der Waals surface area (Å²) < 4.78 is 16.1. The van der Waals surface area contributed by atoms with Crippen LogP contribution in [-0.4, -0.2) is 32.4 Å². The highest BCUT2D eigenvalue weighted by Crippen LogP contribution is 2.22. The third-order valence-corrected chi connectivity index (χ3v) is 5.51. The molecule has 1 aromatic rings. The van der Waals surface area contributed by atoms with Gasteiger partial charge in [0.2, 0.25) is 17.1 Å². The van der Waals surface area contributed by atoms with E-state index in [1.807, 2.05) is 6.92 Å². The van der Waals surface area contributed by atoms with Gasteiger partial charge < -0.3 is 19.2 Å². The van der Waals surface area contributed by atoms with Crippen molar-refractivity contribution >= 4 is 0 Å². The van der Waals surface area contributed by atoms with E-state index in [4.69, 9.17) is 14.2 Å². The molecule has 0 saturated carbocycles. The highest BCUT2D eigenvalue weighted by molar-refractivity contribution is 5.40. The van der Waals surface area contributed by atoms with Gasteiger partial charge in [0.05, 0.1) is 20.3 Å². The Hall–Kier alpha value is -2.53. The van der Waals surface area contributed by atoms with Gasteiger partial charge in [-0.3, -0.25) is 4.79 Å². The van der Waals surface area contributed by atoms with Crippen molar-refractivity contribution < 1.29 is 14.2 Å². The average molecular weight is 430 g/mol. The van der Waals surface area contributed by atoms with Gasteiger partial charge in [-0.05, 0) is 46.6 Å². The molecule has 0 spiro atoms. The molecule has 0 radical (unpaired) electrons. The zero-order valence-corrected chi connectivity index (χ0v) is 20.6. The molecule has 172 valence electrons. The first-order valence-corrected chi connectivity index (χ1v) is 10.7. The van der Waals surface area contributed by atoms with Gasteiger partial charge in [0.25, 0.3) is 0 Å². The molecule has 0 aliphatic carbocycles. The molecule has 0 aliphatic heterocycles. The van der Waals surface area contributed by atoms with E-state index < -0.39 is 0 Å². The van der Waals surface area contributed by atoms with E-state index in [1.165, 1.54) is 30.9 Å². The van der Waals surface area contributed by atoms with E-state index in [2.05, 4.69) is 63.1 Å². The molecule has 0 aliphatic rings. The van der Waals surface area contributed by atoms with Crippen LogP contribution in [0.4, 0.5) is 0 Å². The van der Waals surface area contributed by atoms with Crippen LogP contribution >= 0.6 is 0 Å². The minimum atomic E-state index is -0.142. The normalized spacial score (nSPS) is 15.3. The number of rotatable bonds is 11. The van der Waals surface area contributed by atoms with Crippen LogP contribution in [0.5, 0.6) is 11.6 Å². The first-order valence-electron chi connectivity index (χ1n) is 10.7. The summed E-state index contributed by atoms with van der Waals surface area (Å²) in [4.78, 5) is 15.6. The molecule has 1 N–H and O–H groups in total. The van der Waals surface area contributed by atoms with E-state index in [-0.39, 0.29) is 17.3 Å². The van der Waals surface area contributed by atoms with E-state index in [0.29, 0.717) is 23.8 Å². The van der Waals surface area contributed by atoms with Gasteiger partial charge in [-0.15, -0.1) is 0 Å². The summed E-state index contributed by atoms with van der Waals surface area (Å²) in [6, 6.07) is 0. The minimum Gasteiger partial charge on any atom is -0.488 e. The summed E-state index contributed by atoms with van der Waals surface area (Å²) in [6.07, 6.45) is 12.4. The van der Waals surface area contributed by atoms with Gasteiger partial charge >= 0.3 is 0 Å². The molecule has 2 atom stereocenters. The fraction of sp³-hybridized carbons (Fsp3) is 0.500. The van der Waals surface area contributed by atoms with Gasteiger partial charge in [-0.25, -0.2) is 0 Å². The van der Waals surface area contributed by atoms with Crippen LogP contribution in [0.15, 0.2) is 51.9 Å². The number of nitrogens with one attached hydrogen (secondary N) is 1. The predicted molar refractivity (Wildman–Crippen MR) is 129 cm³/mol. The summed E-state index contributed by atoms with van der Waals surface area (Å²) in [7, 11) is 4.75. The van der Waals surface area contributed by atoms with E-state index in [0.717, 1.165) is 12.1 Å². The number of hydrogen-bond acceptors (Lipinski definition) is 4. The van der Waals surface area contributed by atoms with Crippen molar-refractivity contribution in [3.05, 3.63) is 68.6 Å². The van der Waals surface area contributed by atoms with Gasteiger partial charge in [-0.2, -0.15) is 0 Å². The third-order valence-electron chi connectivity index (χ3n) is 5.51. The maximum atomic E-state index is 12.4. The fourth-order valence-corrected chi connectivity index (χ4v) is 3.56. The number of methoxy groups -OCH3 is 3. The molecule has 31 heavy (non-hydrogen) atoms. The van der Waals surface area contributed by atoms with Gasteiger partial charge in [0, 0.05) is 30.7 Å². The Morgan fingerprint density at radius 3 is 2.35 bits per heavy atom. The molecular formula is C26H39NO4. The van der Waals surface area contributed by atoms with Gasteiger partial charge in [0.15, 0.2) is 0 Å². The Labute approximate surface area is 187 Å². The summed E-state index contributed by atoms with van der Waals surface area (Å²) >= 11 is 0. The second kappa shape index (κ2) is 13.0. The monoisotopic (exact) mass is 429 g/mol. The highest BCUT2D eigenvalue weighted by Gasteiger charge is 2.16. The molecule has 5 heteroatoms. The zero-order valence-electron chi connectivity index (χ0n) is 20.6. The SMILES string of the molecule is C/C=C(\C)C(OC)C(C)/C=C(C)/C=C/C/C(C)=C/Cc1[nH]c(OC)c(OC)c(=O)c1C. The highest BCUT2D eigenvalue weighted by atomic mass is 16.5. The van der Waals surface area contributed by atoms with Gasteiger partial charge in [-0.1, -0.05) is 48.5 Å². The van der Waals surface area contributed by atoms with Crippen molar-refractivity contribution in [3.63, 3.8) is 0 Å². The molecule has 0 fully saturated rings. The second-order valence-corrected chi connectivity index (χ2v) is 7.94. The number of aromatic nitrogens is 1. The molecule has 1 rings (SSSR count). The number of ether oxygens (including phenoxy) is 3. The molecule has 2 unspecified atom stereocenters. The molecular weight excluding hydrogens is 390 g/mol. The minimum absolute atomic E-state index is 0.0989. The van der Waals surface area contributed by atoms with E-state index in [1.54, 1.807) is 14.0 Å². The number of pyridine rings is 1. The summed E-state index contributed by atoms with van der Waals surface area (Å²) in [6.45, 7) is 12.3. The Morgan fingerprint density at radius 2 is 1.81 bits per heavy atom. The van der Waals surface area contributed by atoms with E-state index >= 15 is 0 Å². The maximum Gasteiger partial charge on any atom is 0.238 e. The standard InChI is InChI=1S/C26H39NO4/c1-10-19(4)24(29-7)20(5)16-18(3)13-11-12-17(2)14-15-22-21(6)23(28)25(30-8)26(27-22)31-9/h10-11,13-14,16,20,24H,12,15H2,1-9H3,(H,27,28)/b13-11+,17-14+,18-16+,19-10+. The largest absolute Gasteiger partial charge is 0.488 e. The summed E-state index contributed by atoms with van der Waals surface area (Å²) in [5.74, 6) is 0.869. The lowest BCUT2D eigenvalue weighted by molar-refractivity contribution is 0.103. The molecule has 0 bridgehead atoms. The second-order valence-electron chi connectivity index (χ2n) is 7.94. The first-order chi connectivity index (χ1) is 14.7. The fourth-order valence-electron chi connectivity index (χ4n) is 3.56. The smallest absolute Gasteiger partial charge is 0.238 e. The Kier molecular flexibility index (Phi) is 11.1. The van der Waals surface area contributed by atoms with Crippen LogP contribution in [0, 0.1) is 12.8 Å². The van der Waals surface area contributed by atoms with Crippen molar-refractivity contribution in [2.24, 2.45) is 5.92 Å². The topological polar surface area (TPSA) is 60.6 Å². The van der Waals surface area contributed by atoms with Crippen molar-refractivity contribution in [2.75, 3.05) is 21.3 Å². The van der Waals surface area contributed by atoms with Crippen molar-refractivity contribution in [1.82, 2.24) is 4.98 Å². The van der Waals surface area contributed by atoms with Crippen LogP contribution < -0.4 is 14.9 Å². The lowest BCUT2D eigenvalue weighted by Crippen LogP contribution is -2.20. The lowest BCUT2D eigenvalue weighted by Gasteiger charge is -2.21. The molecule has 0 amide bonds. The molecule has 1 heterocycles. The number of hydrogen-bond donors (Lipinski definition) is 1. The van der Waals surface area contributed by atoms with Gasteiger partial charge in [0.1, 0.15) is 0 Å². The van der Waals surface area contributed by atoms with Crippen molar-refractivity contribution in [2.45, 2.75) is 60.5 Å². The maximum absolute atomic E-state index is 12.4. The number of aromatic amines is 1. The van der Waals surface area contributed by atoms with Crippen LogP contribution in [-0.2, 0) is 11.2 Å². The number of allylic oxidation sites excluding steroid dienone is 6. The van der Waals surface area contributed by atoms with Crippen LogP contribution in [0.1, 0.15) is 52.3 Å². The molecule has 1 aromatic heterocycles. The number of H-pyrrole nitrogens is 1. The molecule has 0 saturated heterocycles. The van der Waals surface area contributed by atoms with E-state index in [9.17, 15) is 4.79 Å². The zero-order chi connectivity index (χ0) is 23.6. The average Bonchev–Trinajstić information content (AvgIpc) is 2.74. The Morgan fingerprint density at radius 1 is 1.13 bits per heavy atom. The third kappa shape index (κ3) is 7.59. The van der Waals surface area contributed by atoms with Crippen LogP contribution in [0.25, 0.3) is 0 Å². The predicted octanol–water partition coefficient (Wildman–Crippen LogP) is 5.70. The van der Waals surface area contributed by atoms with Crippen molar-refractivity contribution in [3.8, 4) is 11.6 Å².